The zero-order valence-electron chi connectivity index (χ0n) is 10.6. The van der Waals surface area contributed by atoms with Crippen molar-refractivity contribution in [2.75, 3.05) is 11.5 Å². The Hall–Kier alpha value is -0.640. The molecule has 0 aliphatic heterocycles. The van der Waals surface area contributed by atoms with E-state index in [1.807, 2.05) is 16.9 Å². The van der Waals surface area contributed by atoms with Gasteiger partial charge in [-0.1, -0.05) is 19.8 Å². The van der Waals surface area contributed by atoms with Crippen LogP contribution in [0.4, 0.5) is 5.82 Å². The number of nitrogen functional groups attached to an aromatic ring is 1. The number of anilines is 1. The summed E-state index contributed by atoms with van der Waals surface area (Å²) in [4.78, 5) is 0. The van der Waals surface area contributed by atoms with Gasteiger partial charge in [0.15, 0.2) is 0 Å². The molecule has 1 aliphatic carbocycles. The van der Waals surface area contributed by atoms with E-state index in [-0.39, 0.29) is 0 Å². The zero-order chi connectivity index (χ0) is 12.1. The van der Waals surface area contributed by atoms with Gasteiger partial charge in [0, 0.05) is 18.0 Å². The Morgan fingerprint density at radius 2 is 2.41 bits per heavy atom. The van der Waals surface area contributed by atoms with Crippen LogP contribution in [0.25, 0.3) is 0 Å². The average Bonchev–Trinajstić information content (AvgIpc) is 2.71. The summed E-state index contributed by atoms with van der Waals surface area (Å²) in [5.41, 5.74) is 5.58. The van der Waals surface area contributed by atoms with E-state index in [0.717, 1.165) is 17.7 Å². The van der Waals surface area contributed by atoms with Crippen molar-refractivity contribution in [1.29, 1.82) is 0 Å². The zero-order valence-corrected chi connectivity index (χ0v) is 11.5. The summed E-state index contributed by atoms with van der Waals surface area (Å²) in [7, 11) is 0. The van der Waals surface area contributed by atoms with Crippen molar-refractivity contribution in [1.82, 2.24) is 9.78 Å². The lowest BCUT2D eigenvalue weighted by molar-refractivity contribution is 0.394. The van der Waals surface area contributed by atoms with Gasteiger partial charge in [-0.15, -0.1) is 0 Å². The summed E-state index contributed by atoms with van der Waals surface area (Å²) in [6.45, 7) is 3.38. The van der Waals surface area contributed by atoms with E-state index in [4.69, 9.17) is 5.73 Å². The Labute approximate surface area is 108 Å². The van der Waals surface area contributed by atoms with Crippen molar-refractivity contribution in [2.24, 2.45) is 5.92 Å². The molecule has 0 amide bonds. The fraction of sp³-hybridized carbons (Fsp3) is 0.769. The Kier molecular flexibility index (Phi) is 4.77. The summed E-state index contributed by atoms with van der Waals surface area (Å²) in [5.74, 6) is 2.81. The minimum absolute atomic E-state index is 0.624. The van der Waals surface area contributed by atoms with Gasteiger partial charge in [0.1, 0.15) is 5.82 Å². The number of thioether (sulfide) groups is 1. The van der Waals surface area contributed by atoms with Gasteiger partial charge >= 0.3 is 0 Å². The van der Waals surface area contributed by atoms with Crippen molar-refractivity contribution in [3.8, 4) is 0 Å². The lowest BCUT2D eigenvalue weighted by atomic mass is 9.91. The maximum Gasteiger partial charge on any atom is 0.145 e. The molecule has 2 unspecified atom stereocenters. The molecule has 17 heavy (non-hydrogen) atoms. The van der Waals surface area contributed by atoms with Crippen LogP contribution in [-0.4, -0.2) is 20.8 Å². The number of aromatic nitrogens is 2. The van der Waals surface area contributed by atoms with Gasteiger partial charge in [-0.2, -0.15) is 16.9 Å². The second kappa shape index (κ2) is 6.34. The highest BCUT2D eigenvalue weighted by Gasteiger charge is 2.18. The van der Waals surface area contributed by atoms with E-state index in [0.29, 0.717) is 5.82 Å². The Morgan fingerprint density at radius 3 is 3.12 bits per heavy atom. The van der Waals surface area contributed by atoms with Crippen LogP contribution in [0.2, 0.25) is 0 Å². The van der Waals surface area contributed by atoms with Crippen LogP contribution < -0.4 is 5.73 Å². The first-order valence-corrected chi connectivity index (χ1v) is 7.69. The molecule has 1 saturated carbocycles. The molecule has 3 nitrogen and oxygen atoms in total. The van der Waals surface area contributed by atoms with Crippen LogP contribution in [0.3, 0.4) is 0 Å². The average molecular weight is 253 g/mol. The lowest BCUT2D eigenvalue weighted by Crippen LogP contribution is -2.15. The fourth-order valence-electron chi connectivity index (χ4n) is 2.51. The van der Waals surface area contributed by atoms with E-state index in [9.17, 15) is 0 Å². The number of nitrogens with zero attached hydrogens (tertiary/aromatic N) is 2. The highest BCUT2D eigenvalue weighted by atomic mass is 32.2. The molecule has 1 fully saturated rings. The second-order valence-corrected chi connectivity index (χ2v) is 6.53. The van der Waals surface area contributed by atoms with Crippen LogP contribution in [0.1, 0.15) is 39.0 Å². The predicted octanol–water partition coefficient (Wildman–Crippen LogP) is 3.17. The van der Waals surface area contributed by atoms with E-state index in [1.165, 1.54) is 37.9 Å². The first-order chi connectivity index (χ1) is 8.24. The summed E-state index contributed by atoms with van der Waals surface area (Å²) in [5, 5.41) is 5.10. The summed E-state index contributed by atoms with van der Waals surface area (Å²) in [6, 6.07) is 1.86. The van der Waals surface area contributed by atoms with Gasteiger partial charge in [0.05, 0.1) is 0 Å². The van der Waals surface area contributed by atoms with Gasteiger partial charge in [-0.05, 0) is 37.0 Å². The number of hydrogen-bond acceptors (Lipinski definition) is 3. The minimum atomic E-state index is 0.624. The molecule has 0 bridgehead atoms. The van der Waals surface area contributed by atoms with Gasteiger partial charge < -0.3 is 5.73 Å². The molecule has 96 valence electrons. The SMILES string of the molecule is CC1CCCC(SCCCn2ccc(N)n2)C1. The highest BCUT2D eigenvalue weighted by molar-refractivity contribution is 7.99. The molecule has 0 aromatic carbocycles. The summed E-state index contributed by atoms with van der Waals surface area (Å²) >= 11 is 2.15. The van der Waals surface area contributed by atoms with E-state index < -0.39 is 0 Å². The van der Waals surface area contributed by atoms with Crippen LogP contribution >= 0.6 is 11.8 Å². The van der Waals surface area contributed by atoms with Gasteiger partial charge in [0.25, 0.3) is 0 Å². The van der Waals surface area contributed by atoms with Crippen molar-refractivity contribution in [3.63, 3.8) is 0 Å². The fourth-order valence-corrected chi connectivity index (χ4v) is 3.94. The molecule has 1 heterocycles. The Balaban J connectivity index is 1.59. The molecule has 0 radical (unpaired) electrons. The standard InChI is InChI=1S/C13H23N3S/c1-11-4-2-5-12(10-11)17-9-3-7-16-8-6-13(14)15-16/h6,8,11-12H,2-5,7,9-10H2,1H3,(H2,14,15). The van der Waals surface area contributed by atoms with Crippen LogP contribution in [-0.2, 0) is 6.54 Å². The van der Waals surface area contributed by atoms with Crippen molar-refractivity contribution in [3.05, 3.63) is 12.3 Å². The van der Waals surface area contributed by atoms with Gasteiger partial charge in [-0.25, -0.2) is 0 Å². The number of hydrogen-bond donors (Lipinski definition) is 1. The van der Waals surface area contributed by atoms with E-state index in [2.05, 4.69) is 23.8 Å². The van der Waals surface area contributed by atoms with Crippen molar-refractivity contribution >= 4 is 17.6 Å². The van der Waals surface area contributed by atoms with E-state index in [1.54, 1.807) is 0 Å². The van der Waals surface area contributed by atoms with Gasteiger partial charge in [0.2, 0.25) is 0 Å². The predicted molar refractivity (Wildman–Crippen MR) is 75.1 cm³/mol. The molecule has 2 rings (SSSR count). The molecule has 2 N–H and O–H groups in total. The quantitative estimate of drug-likeness (QED) is 0.820. The molecule has 0 spiro atoms. The topological polar surface area (TPSA) is 43.8 Å². The minimum Gasteiger partial charge on any atom is -0.382 e. The molecular formula is C13H23N3S. The third-order valence-electron chi connectivity index (χ3n) is 3.43. The normalized spacial score (nSPS) is 25.0. The third-order valence-corrected chi connectivity index (χ3v) is 4.86. The molecule has 2 atom stereocenters. The lowest BCUT2D eigenvalue weighted by Gasteiger charge is -2.26. The van der Waals surface area contributed by atoms with Crippen molar-refractivity contribution < 1.29 is 0 Å². The maximum atomic E-state index is 5.58. The second-order valence-electron chi connectivity index (χ2n) is 5.12. The summed E-state index contributed by atoms with van der Waals surface area (Å²) in [6.07, 6.45) is 8.85. The van der Waals surface area contributed by atoms with Crippen LogP contribution in [0.15, 0.2) is 12.3 Å². The molecular weight excluding hydrogens is 230 g/mol. The largest absolute Gasteiger partial charge is 0.382 e. The van der Waals surface area contributed by atoms with Gasteiger partial charge in [-0.3, -0.25) is 4.68 Å². The smallest absolute Gasteiger partial charge is 0.145 e. The Morgan fingerprint density at radius 1 is 1.53 bits per heavy atom. The van der Waals surface area contributed by atoms with Crippen LogP contribution in [0, 0.1) is 5.92 Å². The molecule has 4 heteroatoms. The summed E-state index contributed by atoms with van der Waals surface area (Å²) < 4.78 is 1.94. The molecule has 1 aromatic heterocycles. The monoisotopic (exact) mass is 253 g/mol. The number of aryl methyl sites for hydroxylation is 1. The van der Waals surface area contributed by atoms with Crippen molar-refractivity contribution in [2.45, 2.75) is 50.8 Å². The van der Waals surface area contributed by atoms with E-state index >= 15 is 0 Å². The maximum absolute atomic E-state index is 5.58. The first-order valence-electron chi connectivity index (χ1n) is 6.64. The Bertz CT molecular complexity index is 337. The first kappa shape index (κ1) is 12.8. The van der Waals surface area contributed by atoms with Crippen LogP contribution in [0.5, 0.6) is 0 Å². The molecule has 1 aromatic rings. The number of rotatable bonds is 5. The molecule has 1 aliphatic rings. The number of nitrogens with two attached hydrogens (primary N) is 1. The third kappa shape index (κ3) is 4.26. The highest BCUT2D eigenvalue weighted by Crippen LogP contribution is 2.32. The molecule has 0 saturated heterocycles.